The molecule has 2 heterocycles. The first kappa shape index (κ1) is 13.9. The molecule has 3 rings (SSSR count). The molecule has 0 fully saturated rings. The van der Waals surface area contributed by atoms with Gasteiger partial charge in [0.1, 0.15) is 5.75 Å². The summed E-state index contributed by atoms with van der Waals surface area (Å²) in [6.07, 6.45) is 1.87. The highest BCUT2D eigenvalue weighted by Gasteiger charge is 2.05. The molecule has 0 aliphatic carbocycles. The van der Waals surface area contributed by atoms with Crippen LogP contribution in [0.15, 0.2) is 54.7 Å². The largest absolute Gasteiger partial charge is 0.497 e. The van der Waals surface area contributed by atoms with Crippen LogP contribution in [0.5, 0.6) is 5.75 Å². The number of hydrogen-bond donors (Lipinski definition) is 2. The third kappa shape index (κ3) is 3.17. The van der Waals surface area contributed by atoms with E-state index in [1.165, 1.54) is 0 Å². The number of carbonyl (C=O) groups excluding carboxylic acids is 1. The number of urea groups is 1. The van der Waals surface area contributed by atoms with Crippen molar-refractivity contribution >= 4 is 17.2 Å². The minimum atomic E-state index is -0.287. The number of nitrogens with one attached hydrogen (secondary N) is 2. The summed E-state index contributed by atoms with van der Waals surface area (Å²) in [5.74, 6) is 0.693. The number of ether oxygens (including phenoxy) is 1. The average molecular weight is 296 g/mol. The predicted molar refractivity (Wildman–Crippen MR) is 84.0 cm³/mol. The summed E-state index contributed by atoms with van der Waals surface area (Å²) in [5.41, 5.74) is 2.46. The lowest BCUT2D eigenvalue weighted by atomic mass is 10.3. The van der Waals surface area contributed by atoms with Crippen molar-refractivity contribution in [2.75, 3.05) is 12.4 Å². The average Bonchev–Trinajstić information content (AvgIpc) is 2.96. The Balaban J connectivity index is 1.59. The van der Waals surface area contributed by atoms with Crippen LogP contribution in [0.2, 0.25) is 0 Å². The van der Waals surface area contributed by atoms with Gasteiger partial charge in [-0.25, -0.2) is 9.31 Å². The highest BCUT2D eigenvalue weighted by Crippen LogP contribution is 2.16. The van der Waals surface area contributed by atoms with Gasteiger partial charge >= 0.3 is 6.03 Å². The zero-order valence-electron chi connectivity index (χ0n) is 12.1. The molecule has 0 aliphatic heterocycles. The number of fused-ring (bicyclic) bond motifs is 1. The van der Waals surface area contributed by atoms with E-state index < -0.39 is 0 Å². The molecule has 6 nitrogen and oxygen atoms in total. The lowest BCUT2D eigenvalue weighted by Crippen LogP contribution is -2.28. The van der Waals surface area contributed by atoms with Crippen molar-refractivity contribution in [3.05, 3.63) is 60.4 Å². The molecule has 0 saturated carbocycles. The molecule has 22 heavy (non-hydrogen) atoms. The number of anilines is 1. The van der Waals surface area contributed by atoms with Gasteiger partial charge in [0, 0.05) is 18.0 Å². The Morgan fingerprint density at radius 3 is 2.95 bits per heavy atom. The Labute approximate surface area is 127 Å². The summed E-state index contributed by atoms with van der Waals surface area (Å²) >= 11 is 0. The number of rotatable bonds is 4. The maximum Gasteiger partial charge on any atom is 0.319 e. The third-order valence-corrected chi connectivity index (χ3v) is 3.18. The van der Waals surface area contributed by atoms with Crippen LogP contribution in [0.4, 0.5) is 10.5 Å². The molecule has 0 bridgehead atoms. The number of benzene rings is 1. The second-order valence-corrected chi connectivity index (χ2v) is 4.75. The SMILES string of the molecule is COc1cccc(NC(=O)NCc2cc3ccccn3n2)c1. The van der Waals surface area contributed by atoms with E-state index in [2.05, 4.69) is 15.7 Å². The van der Waals surface area contributed by atoms with E-state index in [0.29, 0.717) is 18.0 Å². The molecule has 6 heteroatoms. The highest BCUT2D eigenvalue weighted by atomic mass is 16.5. The first-order valence-electron chi connectivity index (χ1n) is 6.87. The van der Waals surface area contributed by atoms with Gasteiger partial charge in [-0.3, -0.25) is 0 Å². The van der Waals surface area contributed by atoms with Gasteiger partial charge < -0.3 is 15.4 Å². The molecule has 2 aromatic heterocycles. The first-order chi connectivity index (χ1) is 10.7. The van der Waals surface area contributed by atoms with Crippen LogP contribution in [-0.2, 0) is 6.54 Å². The van der Waals surface area contributed by atoms with Gasteiger partial charge in [0.15, 0.2) is 0 Å². The van der Waals surface area contributed by atoms with E-state index in [-0.39, 0.29) is 6.03 Å². The van der Waals surface area contributed by atoms with Gasteiger partial charge in [-0.1, -0.05) is 12.1 Å². The third-order valence-electron chi connectivity index (χ3n) is 3.18. The molecule has 1 aromatic carbocycles. The summed E-state index contributed by atoms with van der Waals surface area (Å²) in [6.45, 7) is 0.359. The van der Waals surface area contributed by atoms with E-state index in [4.69, 9.17) is 4.74 Å². The summed E-state index contributed by atoms with van der Waals surface area (Å²) in [7, 11) is 1.59. The van der Waals surface area contributed by atoms with Crippen LogP contribution in [0.25, 0.3) is 5.52 Å². The van der Waals surface area contributed by atoms with Crippen LogP contribution >= 0.6 is 0 Å². The number of aromatic nitrogens is 2. The maximum absolute atomic E-state index is 11.9. The molecule has 112 valence electrons. The van der Waals surface area contributed by atoms with Crippen molar-refractivity contribution in [2.24, 2.45) is 0 Å². The quantitative estimate of drug-likeness (QED) is 0.778. The van der Waals surface area contributed by atoms with Gasteiger partial charge in [-0.15, -0.1) is 0 Å². The molecule has 0 atom stereocenters. The normalized spacial score (nSPS) is 10.4. The summed E-state index contributed by atoms with van der Waals surface area (Å²) in [5, 5.41) is 9.91. The van der Waals surface area contributed by atoms with Crippen molar-refractivity contribution in [1.82, 2.24) is 14.9 Å². The fourth-order valence-corrected chi connectivity index (χ4v) is 2.12. The van der Waals surface area contributed by atoms with Crippen molar-refractivity contribution < 1.29 is 9.53 Å². The minimum absolute atomic E-state index is 0.287. The molecular weight excluding hydrogens is 280 g/mol. The monoisotopic (exact) mass is 296 g/mol. The Morgan fingerprint density at radius 1 is 1.23 bits per heavy atom. The number of nitrogens with zero attached hydrogens (tertiary/aromatic N) is 2. The van der Waals surface area contributed by atoms with E-state index in [1.807, 2.05) is 42.6 Å². The van der Waals surface area contributed by atoms with E-state index >= 15 is 0 Å². The minimum Gasteiger partial charge on any atom is -0.497 e. The number of methoxy groups -OCH3 is 1. The highest BCUT2D eigenvalue weighted by molar-refractivity contribution is 5.89. The lowest BCUT2D eigenvalue weighted by Gasteiger charge is -2.07. The number of amides is 2. The van der Waals surface area contributed by atoms with E-state index in [9.17, 15) is 4.79 Å². The van der Waals surface area contributed by atoms with Gasteiger partial charge in [-0.2, -0.15) is 5.10 Å². The van der Waals surface area contributed by atoms with Crippen molar-refractivity contribution in [2.45, 2.75) is 6.54 Å². The van der Waals surface area contributed by atoms with Gasteiger partial charge in [0.25, 0.3) is 0 Å². The second kappa shape index (κ2) is 6.17. The van der Waals surface area contributed by atoms with E-state index in [1.54, 1.807) is 23.8 Å². The molecule has 0 unspecified atom stereocenters. The van der Waals surface area contributed by atoms with Gasteiger partial charge in [-0.05, 0) is 30.3 Å². The molecular formula is C16H16N4O2. The topological polar surface area (TPSA) is 67.7 Å². The van der Waals surface area contributed by atoms with Crippen molar-refractivity contribution in [3.63, 3.8) is 0 Å². The summed E-state index contributed by atoms with van der Waals surface area (Å²) in [4.78, 5) is 11.9. The fraction of sp³-hybridized carbons (Fsp3) is 0.125. The fourth-order valence-electron chi connectivity index (χ4n) is 2.12. The number of carbonyl (C=O) groups is 1. The molecule has 2 amide bonds. The predicted octanol–water partition coefficient (Wildman–Crippen LogP) is 2.66. The Morgan fingerprint density at radius 2 is 2.14 bits per heavy atom. The molecule has 2 N–H and O–H groups in total. The van der Waals surface area contributed by atoms with Crippen LogP contribution in [0.3, 0.4) is 0 Å². The Bertz CT molecular complexity index is 764. The zero-order valence-corrected chi connectivity index (χ0v) is 12.1. The standard InChI is InChI=1S/C16H16N4O2/c1-22-15-7-4-5-12(10-15)18-16(21)17-11-13-9-14-6-2-3-8-20(14)19-13/h2-10H,11H2,1H3,(H2,17,18,21). The van der Waals surface area contributed by atoms with Crippen molar-refractivity contribution in [1.29, 1.82) is 0 Å². The maximum atomic E-state index is 11.9. The molecule has 3 aromatic rings. The first-order valence-corrected chi connectivity index (χ1v) is 6.87. The number of pyridine rings is 1. The smallest absolute Gasteiger partial charge is 0.319 e. The second-order valence-electron chi connectivity index (χ2n) is 4.75. The van der Waals surface area contributed by atoms with Crippen molar-refractivity contribution in [3.8, 4) is 5.75 Å². The van der Waals surface area contributed by atoms with E-state index in [0.717, 1.165) is 11.2 Å². The van der Waals surface area contributed by atoms with Crippen LogP contribution in [0.1, 0.15) is 5.69 Å². The van der Waals surface area contributed by atoms with Crippen LogP contribution < -0.4 is 15.4 Å². The van der Waals surface area contributed by atoms with Crippen LogP contribution in [0, 0.1) is 0 Å². The molecule has 0 saturated heterocycles. The summed E-state index contributed by atoms with van der Waals surface area (Å²) in [6, 6.07) is 14.7. The number of hydrogen-bond acceptors (Lipinski definition) is 3. The van der Waals surface area contributed by atoms with Crippen LogP contribution in [-0.4, -0.2) is 22.8 Å². The van der Waals surface area contributed by atoms with Gasteiger partial charge in [0.05, 0.1) is 24.9 Å². The molecule has 0 spiro atoms. The van der Waals surface area contributed by atoms with Gasteiger partial charge in [0.2, 0.25) is 0 Å². The zero-order chi connectivity index (χ0) is 15.4. The Kier molecular flexibility index (Phi) is 3.91. The molecule has 0 aliphatic rings. The molecule has 0 radical (unpaired) electrons. The Hall–Kier alpha value is -3.02. The summed E-state index contributed by atoms with van der Waals surface area (Å²) < 4.78 is 6.89. The lowest BCUT2D eigenvalue weighted by molar-refractivity contribution is 0.251.